The maximum Gasteiger partial charge on any atom is 0.230 e. The van der Waals surface area contributed by atoms with Crippen LogP contribution in [0.1, 0.15) is 4.88 Å². The van der Waals surface area contributed by atoms with Gasteiger partial charge >= 0.3 is 0 Å². The molecule has 2 heterocycles. The number of thiophene rings is 1. The number of nitrogens with one attached hydrogen (secondary N) is 1. The molecule has 0 atom stereocenters. The van der Waals surface area contributed by atoms with Crippen LogP contribution in [-0.2, 0) is 11.2 Å². The zero-order chi connectivity index (χ0) is 15.4. The molecule has 0 aliphatic carbocycles. The predicted octanol–water partition coefficient (Wildman–Crippen LogP) is 4.46. The fraction of sp³-hybridized carbons (Fsp3) is 0.200. The van der Waals surface area contributed by atoms with Crippen LogP contribution < -0.4 is 5.32 Å². The first kappa shape index (κ1) is 15.8. The van der Waals surface area contributed by atoms with Crippen LogP contribution in [0.2, 0.25) is 5.02 Å². The lowest BCUT2D eigenvalue weighted by molar-refractivity contribution is -0.118. The minimum Gasteiger partial charge on any atom is -0.355 e. The number of aromatic nitrogens is 1. The quantitative estimate of drug-likeness (QED) is 0.653. The van der Waals surface area contributed by atoms with E-state index in [2.05, 4.69) is 16.4 Å². The van der Waals surface area contributed by atoms with Gasteiger partial charge in [-0.05, 0) is 36.1 Å². The number of amides is 1. The molecule has 0 spiro atoms. The average Bonchev–Trinajstić information content (AvgIpc) is 3.13. The fourth-order valence-corrected chi connectivity index (χ4v) is 4.65. The van der Waals surface area contributed by atoms with Gasteiger partial charge in [-0.2, -0.15) is 0 Å². The minimum absolute atomic E-state index is 0.0406. The molecule has 3 nitrogen and oxygen atoms in total. The Balaban J connectivity index is 1.47. The van der Waals surface area contributed by atoms with Crippen LogP contribution >= 0.6 is 46.0 Å². The lowest BCUT2D eigenvalue weighted by atomic mass is 10.3. The molecule has 2 aromatic heterocycles. The Morgan fingerprint density at radius 1 is 1.36 bits per heavy atom. The highest BCUT2D eigenvalue weighted by atomic mass is 35.5. The maximum absolute atomic E-state index is 11.8. The first-order valence-corrected chi connectivity index (χ1v) is 9.74. The minimum atomic E-state index is 0.0406. The van der Waals surface area contributed by atoms with E-state index < -0.39 is 0 Å². The highest BCUT2D eigenvalue weighted by Gasteiger charge is 2.08. The van der Waals surface area contributed by atoms with Crippen LogP contribution in [0.15, 0.2) is 40.1 Å². The van der Waals surface area contributed by atoms with Crippen molar-refractivity contribution in [2.24, 2.45) is 0 Å². The molecule has 0 saturated carbocycles. The van der Waals surface area contributed by atoms with Gasteiger partial charge in [0.25, 0.3) is 0 Å². The molecule has 1 aromatic carbocycles. The second-order valence-electron chi connectivity index (χ2n) is 4.56. The van der Waals surface area contributed by atoms with E-state index in [9.17, 15) is 4.79 Å². The van der Waals surface area contributed by atoms with E-state index >= 15 is 0 Å². The molecule has 0 aliphatic rings. The molecule has 3 rings (SSSR count). The van der Waals surface area contributed by atoms with Crippen molar-refractivity contribution in [3.63, 3.8) is 0 Å². The molecule has 7 heteroatoms. The van der Waals surface area contributed by atoms with E-state index in [0.717, 1.165) is 21.0 Å². The molecule has 3 aromatic rings. The summed E-state index contributed by atoms with van der Waals surface area (Å²) in [5, 5.41) is 5.67. The molecule has 0 bridgehead atoms. The van der Waals surface area contributed by atoms with Crippen molar-refractivity contribution >= 4 is 62.2 Å². The molecule has 0 saturated heterocycles. The molecule has 0 aliphatic heterocycles. The first-order valence-electron chi connectivity index (χ1n) is 6.69. The number of rotatable bonds is 6. The SMILES string of the molecule is O=C(CSc1nc2cc(Cl)ccc2s1)NCCc1cccs1. The normalized spacial score (nSPS) is 11.0. The van der Waals surface area contributed by atoms with E-state index in [-0.39, 0.29) is 5.91 Å². The van der Waals surface area contributed by atoms with Crippen molar-refractivity contribution < 1.29 is 4.79 Å². The van der Waals surface area contributed by atoms with Crippen LogP contribution in [0.25, 0.3) is 10.2 Å². The van der Waals surface area contributed by atoms with Gasteiger partial charge in [0.2, 0.25) is 5.91 Å². The summed E-state index contributed by atoms with van der Waals surface area (Å²) in [6, 6.07) is 9.77. The Morgan fingerprint density at radius 2 is 2.27 bits per heavy atom. The highest BCUT2D eigenvalue weighted by Crippen LogP contribution is 2.30. The molecule has 1 N–H and O–H groups in total. The standard InChI is InChI=1S/C15H13ClN2OS3/c16-10-3-4-13-12(8-10)18-15(22-13)21-9-14(19)17-6-5-11-2-1-7-20-11/h1-4,7-8H,5-6,9H2,(H,17,19). The van der Waals surface area contributed by atoms with Crippen LogP contribution in [-0.4, -0.2) is 23.2 Å². The number of carbonyl (C=O) groups excluding carboxylic acids is 1. The van der Waals surface area contributed by atoms with E-state index in [1.807, 2.05) is 29.6 Å². The average molecular weight is 369 g/mol. The number of halogens is 1. The molecular formula is C15H13ClN2OS3. The van der Waals surface area contributed by atoms with Gasteiger partial charge in [0.05, 0.1) is 16.0 Å². The van der Waals surface area contributed by atoms with Crippen molar-refractivity contribution in [1.82, 2.24) is 10.3 Å². The number of fused-ring (bicyclic) bond motifs is 1. The van der Waals surface area contributed by atoms with E-state index in [1.165, 1.54) is 16.6 Å². The lowest BCUT2D eigenvalue weighted by Gasteiger charge is -2.02. The third-order valence-corrected chi connectivity index (χ3v) is 6.28. The van der Waals surface area contributed by atoms with Gasteiger partial charge in [0.1, 0.15) is 0 Å². The Kier molecular flexibility index (Phi) is 5.36. The zero-order valence-corrected chi connectivity index (χ0v) is 14.7. The van der Waals surface area contributed by atoms with Crippen molar-refractivity contribution in [3.8, 4) is 0 Å². The highest BCUT2D eigenvalue weighted by molar-refractivity contribution is 8.01. The fourth-order valence-electron chi connectivity index (χ4n) is 1.90. The number of thioether (sulfide) groups is 1. The Hall–Kier alpha value is -1.08. The van der Waals surface area contributed by atoms with E-state index in [1.54, 1.807) is 22.7 Å². The van der Waals surface area contributed by atoms with Crippen LogP contribution in [0.5, 0.6) is 0 Å². The topological polar surface area (TPSA) is 42.0 Å². The summed E-state index contributed by atoms with van der Waals surface area (Å²) in [7, 11) is 0. The third-order valence-electron chi connectivity index (χ3n) is 2.93. The largest absolute Gasteiger partial charge is 0.355 e. The number of thiazole rings is 1. The monoisotopic (exact) mass is 368 g/mol. The van der Waals surface area contributed by atoms with Crippen LogP contribution in [0.4, 0.5) is 0 Å². The Morgan fingerprint density at radius 3 is 3.09 bits per heavy atom. The van der Waals surface area contributed by atoms with E-state index in [4.69, 9.17) is 11.6 Å². The number of hydrogen-bond acceptors (Lipinski definition) is 5. The summed E-state index contributed by atoms with van der Waals surface area (Å²) in [6.45, 7) is 0.676. The van der Waals surface area contributed by atoms with Crippen molar-refractivity contribution in [2.75, 3.05) is 12.3 Å². The van der Waals surface area contributed by atoms with Crippen molar-refractivity contribution in [2.45, 2.75) is 10.8 Å². The predicted molar refractivity (Wildman–Crippen MR) is 96.4 cm³/mol. The van der Waals surface area contributed by atoms with E-state index in [0.29, 0.717) is 17.3 Å². The van der Waals surface area contributed by atoms with Gasteiger partial charge in [-0.1, -0.05) is 29.4 Å². The zero-order valence-electron chi connectivity index (χ0n) is 11.5. The summed E-state index contributed by atoms with van der Waals surface area (Å²) in [6.07, 6.45) is 0.883. The molecule has 22 heavy (non-hydrogen) atoms. The summed E-state index contributed by atoms with van der Waals surface area (Å²) in [5.41, 5.74) is 0.887. The summed E-state index contributed by atoms with van der Waals surface area (Å²) < 4.78 is 1.98. The Labute approximate surface area is 145 Å². The Bertz CT molecular complexity index is 770. The van der Waals surface area contributed by atoms with Gasteiger partial charge in [0, 0.05) is 16.4 Å². The number of benzene rings is 1. The van der Waals surface area contributed by atoms with Gasteiger partial charge < -0.3 is 5.32 Å². The van der Waals surface area contributed by atoms with Gasteiger partial charge in [-0.15, -0.1) is 22.7 Å². The second-order valence-corrected chi connectivity index (χ2v) is 8.28. The number of nitrogens with zero attached hydrogens (tertiary/aromatic N) is 1. The molecule has 114 valence electrons. The summed E-state index contributed by atoms with van der Waals surface area (Å²) in [4.78, 5) is 17.6. The molecule has 1 amide bonds. The third kappa shape index (κ3) is 4.23. The maximum atomic E-state index is 11.8. The molecule has 0 unspecified atom stereocenters. The second kappa shape index (κ2) is 7.46. The smallest absolute Gasteiger partial charge is 0.230 e. The van der Waals surface area contributed by atoms with Gasteiger partial charge in [-0.3, -0.25) is 4.79 Å². The molecular weight excluding hydrogens is 356 g/mol. The van der Waals surface area contributed by atoms with Gasteiger partial charge in [0.15, 0.2) is 4.34 Å². The summed E-state index contributed by atoms with van der Waals surface area (Å²) >= 11 is 10.7. The van der Waals surface area contributed by atoms with Gasteiger partial charge in [-0.25, -0.2) is 4.98 Å². The molecule has 0 radical (unpaired) electrons. The summed E-state index contributed by atoms with van der Waals surface area (Å²) in [5.74, 6) is 0.427. The van der Waals surface area contributed by atoms with Crippen LogP contribution in [0.3, 0.4) is 0 Å². The lowest BCUT2D eigenvalue weighted by Crippen LogP contribution is -2.27. The van der Waals surface area contributed by atoms with Crippen molar-refractivity contribution in [3.05, 3.63) is 45.6 Å². The van der Waals surface area contributed by atoms with Crippen LogP contribution in [0, 0.1) is 0 Å². The number of hydrogen-bond donors (Lipinski definition) is 1. The molecule has 0 fully saturated rings. The van der Waals surface area contributed by atoms with Crippen molar-refractivity contribution in [1.29, 1.82) is 0 Å². The number of carbonyl (C=O) groups is 1. The first-order chi connectivity index (χ1) is 10.7.